The van der Waals surface area contributed by atoms with Gasteiger partial charge < -0.3 is 14.9 Å². The van der Waals surface area contributed by atoms with Crippen LogP contribution in [-0.2, 0) is 6.42 Å². The fraction of sp³-hybridized carbons (Fsp3) is 0.500. The van der Waals surface area contributed by atoms with E-state index in [2.05, 4.69) is 15.9 Å². The van der Waals surface area contributed by atoms with Crippen LogP contribution in [0.25, 0.3) is 0 Å². The van der Waals surface area contributed by atoms with Gasteiger partial charge in [0.25, 0.3) is 0 Å². The predicted octanol–water partition coefficient (Wildman–Crippen LogP) is 2.54. The van der Waals surface area contributed by atoms with E-state index in [9.17, 15) is 10.2 Å². The molecule has 2 rings (SSSR count). The SMILES string of the molecule is COc1c(O)cc(Br)c(C)c1CC1(O)CC1. The summed E-state index contributed by atoms with van der Waals surface area (Å²) in [5.74, 6) is 0.584. The van der Waals surface area contributed by atoms with Gasteiger partial charge in [0.2, 0.25) is 0 Å². The maximum atomic E-state index is 9.96. The van der Waals surface area contributed by atoms with Crippen LogP contribution in [0, 0.1) is 6.92 Å². The van der Waals surface area contributed by atoms with Crippen molar-refractivity contribution in [1.29, 1.82) is 0 Å². The Morgan fingerprint density at radius 2 is 2.12 bits per heavy atom. The van der Waals surface area contributed by atoms with Crippen LogP contribution in [0.4, 0.5) is 0 Å². The number of ether oxygens (including phenoxy) is 1. The third-order valence-corrected chi connectivity index (χ3v) is 3.94. The molecular formula is C12H15BrO3. The van der Waals surface area contributed by atoms with Crippen LogP contribution in [0.2, 0.25) is 0 Å². The van der Waals surface area contributed by atoms with Crippen molar-refractivity contribution in [3.63, 3.8) is 0 Å². The van der Waals surface area contributed by atoms with Gasteiger partial charge in [-0.3, -0.25) is 0 Å². The number of halogens is 1. The number of methoxy groups -OCH3 is 1. The highest BCUT2D eigenvalue weighted by atomic mass is 79.9. The monoisotopic (exact) mass is 286 g/mol. The van der Waals surface area contributed by atoms with Gasteiger partial charge in [-0.1, -0.05) is 15.9 Å². The van der Waals surface area contributed by atoms with E-state index in [0.717, 1.165) is 28.4 Å². The van der Waals surface area contributed by atoms with Gasteiger partial charge in [0.15, 0.2) is 11.5 Å². The largest absolute Gasteiger partial charge is 0.504 e. The molecule has 1 aliphatic rings. The molecule has 1 fully saturated rings. The van der Waals surface area contributed by atoms with E-state index in [1.807, 2.05) is 6.92 Å². The fourth-order valence-corrected chi connectivity index (χ4v) is 2.31. The lowest BCUT2D eigenvalue weighted by Crippen LogP contribution is -2.13. The molecule has 1 aromatic carbocycles. The summed E-state index contributed by atoms with van der Waals surface area (Å²) < 4.78 is 6.04. The highest BCUT2D eigenvalue weighted by Gasteiger charge is 2.41. The summed E-state index contributed by atoms with van der Waals surface area (Å²) in [4.78, 5) is 0. The zero-order valence-electron chi connectivity index (χ0n) is 9.38. The molecule has 1 saturated carbocycles. The van der Waals surface area contributed by atoms with E-state index in [1.54, 1.807) is 6.07 Å². The summed E-state index contributed by atoms with van der Waals surface area (Å²) in [6.07, 6.45) is 2.18. The van der Waals surface area contributed by atoms with E-state index in [4.69, 9.17) is 4.74 Å². The van der Waals surface area contributed by atoms with E-state index >= 15 is 0 Å². The van der Waals surface area contributed by atoms with Crippen LogP contribution in [0.5, 0.6) is 11.5 Å². The minimum Gasteiger partial charge on any atom is -0.504 e. The van der Waals surface area contributed by atoms with Gasteiger partial charge in [-0.2, -0.15) is 0 Å². The highest BCUT2D eigenvalue weighted by molar-refractivity contribution is 9.10. The standard InChI is InChI=1S/C12H15BrO3/c1-7-8(6-12(15)3-4-12)11(16-2)10(14)5-9(7)13/h5,14-15H,3-4,6H2,1-2H3. The lowest BCUT2D eigenvalue weighted by Gasteiger charge is -2.17. The molecule has 0 atom stereocenters. The average Bonchev–Trinajstić information content (AvgIpc) is 2.93. The van der Waals surface area contributed by atoms with Crippen molar-refractivity contribution in [2.24, 2.45) is 0 Å². The molecule has 3 nitrogen and oxygen atoms in total. The highest BCUT2D eigenvalue weighted by Crippen LogP contribution is 2.44. The molecule has 0 aromatic heterocycles. The number of hydrogen-bond acceptors (Lipinski definition) is 3. The van der Waals surface area contributed by atoms with E-state index < -0.39 is 5.60 Å². The van der Waals surface area contributed by atoms with Crippen LogP contribution >= 0.6 is 15.9 Å². The summed E-state index contributed by atoms with van der Waals surface area (Å²) in [5.41, 5.74) is 1.30. The van der Waals surface area contributed by atoms with Crippen LogP contribution in [0.3, 0.4) is 0 Å². The van der Waals surface area contributed by atoms with E-state index in [0.29, 0.717) is 12.2 Å². The lowest BCUT2D eigenvalue weighted by atomic mass is 9.99. The maximum Gasteiger partial charge on any atom is 0.164 e. The van der Waals surface area contributed by atoms with E-state index in [1.165, 1.54) is 7.11 Å². The molecule has 1 aliphatic carbocycles. The maximum absolute atomic E-state index is 9.96. The normalized spacial score (nSPS) is 17.2. The topological polar surface area (TPSA) is 49.7 Å². The van der Waals surface area contributed by atoms with Crippen LogP contribution in [0.15, 0.2) is 10.5 Å². The second kappa shape index (κ2) is 3.93. The first-order valence-corrected chi connectivity index (χ1v) is 6.03. The smallest absolute Gasteiger partial charge is 0.164 e. The number of aliphatic hydroxyl groups is 1. The van der Waals surface area contributed by atoms with E-state index in [-0.39, 0.29) is 5.75 Å². The van der Waals surface area contributed by atoms with Gasteiger partial charge in [-0.15, -0.1) is 0 Å². The molecule has 0 unspecified atom stereocenters. The van der Waals surface area contributed by atoms with Crippen molar-refractivity contribution in [2.45, 2.75) is 31.8 Å². The van der Waals surface area contributed by atoms with Crippen molar-refractivity contribution in [2.75, 3.05) is 7.11 Å². The molecule has 16 heavy (non-hydrogen) atoms. The number of phenols is 1. The minimum absolute atomic E-state index is 0.110. The lowest BCUT2D eigenvalue weighted by molar-refractivity contribution is 0.149. The molecule has 0 amide bonds. The first-order valence-electron chi connectivity index (χ1n) is 5.24. The summed E-state index contributed by atoms with van der Waals surface area (Å²) in [6, 6.07) is 1.62. The van der Waals surface area contributed by atoms with Crippen LogP contribution in [0.1, 0.15) is 24.0 Å². The van der Waals surface area contributed by atoms with Gasteiger partial charge in [0.05, 0.1) is 12.7 Å². The zero-order chi connectivity index (χ0) is 11.9. The third-order valence-electron chi connectivity index (χ3n) is 3.12. The summed E-state index contributed by atoms with van der Waals surface area (Å²) >= 11 is 3.39. The summed E-state index contributed by atoms with van der Waals surface area (Å²) in [7, 11) is 1.53. The molecule has 0 radical (unpaired) electrons. The first kappa shape index (κ1) is 11.7. The second-order valence-electron chi connectivity index (χ2n) is 4.42. The number of aromatic hydroxyl groups is 1. The van der Waals surface area contributed by atoms with Gasteiger partial charge in [-0.25, -0.2) is 0 Å². The second-order valence-corrected chi connectivity index (χ2v) is 5.27. The molecule has 2 N–H and O–H groups in total. The Morgan fingerprint density at radius 3 is 2.62 bits per heavy atom. The Bertz CT molecular complexity index is 425. The predicted molar refractivity (Wildman–Crippen MR) is 65.0 cm³/mol. The molecule has 1 aromatic rings. The van der Waals surface area contributed by atoms with Crippen molar-refractivity contribution in [3.05, 3.63) is 21.7 Å². The average molecular weight is 287 g/mol. The number of hydrogen-bond donors (Lipinski definition) is 2. The molecule has 0 saturated heterocycles. The third kappa shape index (κ3) is 2.04. The Morgan fingerprint density at radius 1 is 1.50 bits per heavy atom. The first-order chi connectivity index (χ1) is 7.47. The Labute approximate surface area is 103 Å². The van der Waals surface area contributed by atoms with Gasteiger partial charge >= 0.3 is 0 Å². The van der Waals surface area contributed by atoms with Crippen molar-refractivity contribution in [3.8, 4) is 11.5 Å². The molecule has 4 heteroatoms. The van der Waals surface area contributed by atoms with Crippen LogP contribution in [-0.4, -0.2) is 22.9 Å². The minimum atomic E-state index is -0.592. The molecule has 0 heterocycles. The number of benzene rings is 1. The molecule has 88 valence electrons. The Kier molecular flexibility index (Phi) is 2.88. The van der Waals surface area contributed by atoms with Gasteiger partial charge in [-0.05, 0) is 31.4 Å². The summed E-state index contributed by atoms with van der Waals surface area (Å²) in [5, 5.41) is 19.7. The van der Waals surface area contributed by atoms with Gasteiger partial charge in [0.1, 0.15) is 0 Å². The molecular weight excluding hydrogens is 272 g/mol. The van der Waals surface area contributed by atoms with Gasteiger partial charge in [0, 0.05) is 16.5 Å². The van der Waals surface area contributed by atoms with Crippen molar-refractivity contribution in [1.82, 2.24) is 0 Å². The number of rotatable bonds is 3. The van der Waals surface area contributed by atoms with Crippen LogP contribution < -0.4 is 4.74 Å². The van der Waals surface area contributed by atoms with Crippen molar-refractivity contribution >= 4 is 15.9 Å². The Balaban J connectivity index is 2.47. The zero-order valence-corrected chi connectivity index (χ0v) is 11.0. The summed E-state index contributed by atoms with van der Waals surface area (Å²) in [6.45, 7) is 1.95. The number of phenolic OH excluding ortho intramolecular Hbond substituents is 1. The Hall–Kier alpha value is -0.740. The molecule has 0 spiro atoms. The van der Waals surface area contributed by atoms with Crippen molar-refractivity contribution < 1.29 is 14.9 Å². The quantitative estimate of drug-likeness (QED) is 0.898. The molecule has 0 bridgehead atoms. The fourth-order valence-electron chi connectivity index (χ4n) is 1.85. The molecule has 0 aliphatic heterocycles.